The van der Waals surface area contributed by atoms with Crippen LogP contribution in [0.15, 0.2) is 12.1 Å². The Bertz CT molecular complexity index is 715. The standard InChI is InChI=1S/C12H15BN2O2/c1-9-4-5-10(11(6-14)15-9)13-16-7-12(2,3)8-17-13/h4-5H,7-8H2,1-3H3/i1D3,4D,5D,7D2. The van der Waals surface area contributed by atoms with Crippen molar-refractivity contribution in [1.82, 2.24) is 4.98 Å². The van der Waals surface area contributed by atoms with Crippen LogP contribution in [0.1, 0.15) is 34.8 Å². The van der Waals surface area contributed by atoms with Crippen molar-refractivity contribution in [3.63, 3.8) is 0 Å². The van der Waals surface area contributed by atoms with Crippen LogP contribution < -0.4 is 5.46 Å². The zero-order chi connectivity index (χ0) is 18.5. The highest BCUT2D eigenvalue weighted by atomic mass is 16.6. The summed E-state index contributed by atoms with van der Waals surface area (Å²) in [5.74, 6) is 0. The fourth-order valence-corrected chi connectivity index (χ4v) is 1.34. The van der Waals surface area contributed by atoms with Crippen LogP contribution in [0.25, 0.3) is 0 Å². The molecule has 0 N–H and O–H groups in total. The van der Waals surface area contributed by atoms with Gasteiger partial charge in [0.2, 0.25) is 0 Å². The first-order valence-electron chi connectivity index (χ1n) is 8.53. The molecule has 1 fully saturated rings. The predicted molar refractivity (Wildman–Crippen MR) is 64.8 cm³/mol. The Balaban J connectivity index is 2.57. The summed E-state index contributed by atoms with van der Waals surface area (Å²) in [7, 11) is -1.42. The van der Waals surface area contributed by atoms with E-state index in [2.05, 4.69) is 4.98 Å². The number of aryl methyl sites for hydroxylation is 1. The van der Waals surface area contributed by atoms with Crippen LogP contribution in [0.2, 0.25) is 0 Å². The van der Waals surface area contributed by atoms with Gasteiger partial charge in [0.25, 0.3) is 0 Å². The average molecular weight is 237 g/mol. The van der Waals surface area contributed by atoms with E-state index in [-0.39, 0.29) is 12.1 Å². The molecule has 1 aromatic rings. The minimum Gasteiger partial charge on any atom is -0.407 e. The van der Waals surface area contributed by atoms with Gasteiger partial charge in [0.1, 0.15) is 11.8 Å². The van der Waals surface area contributed by atoms with E-state index >= 15 is 0 Å². The van der Waals surface area contributed by atoms with Crippen LogP contribution in [-0.4, -0.2) is 25.3 Å². The molecule has 0 aliphatic carbocycles. The van der Waals surface area contributed by atoms with Crippen LogP contribution >= 0.6 is 0 Å². The van der Waals surface area contributed by atoms with Crippen molar-refractivity contribution in [2.75, 3.05) is 13.2 Å². The first-order valence-corrected chi connectivity index (χ1v) is 5.03. The normalized spacial score (nSPS) is 28.5. The first-order chi connectivity index (χ1) is 10.8. The van der Waals surface area contributed by atoms with E-state index in [1.165, 1.54) is 0 Å². The van der Waals surface area contributed by atoms with Crippen molar-refractivity contribution in [2.45, 2.75) is 20.7 Å². The summed E-state index contributed by atoms with van der Waals surface area (Å²) < 4.78 is 64.5. The third-order valence-electron chi connectivity index (χ3n) is 2.17. The highest BCUT2D eigenvalue weighted by Crippen LogP contribution is 2.21. The van der Waals surface area contributed by atoms with E-state index in [1.54, 1.807) is 19.9 Å². The number of hydrogen-bond donors (Lipinski definition) is 0. The molecule has 0 aromatic carbocycles. The molecule has 88 valence electrons. The van der Waals surface area contributed by atoms with Crippen LogP contribution in [0.4, 0.5) is 0 Å². The van der Waals surface area contributed by atoms with Crippen LogP contribution in [-0.2, 0) is 9.31 Å². The summed E-state index contributed by atoms with van der Waals surface area (Å²) in [6.45, 7) is -1.71. The van der Waals surface area contributed by atoms with Crippen molar-refractivity contribution < 1.29 is 18.9 Å². The van der Waals surface area contributed by atoms with Crippen molar-refractivity contribution in [2.24, 2.45) is 5.41 Å². The lowest BCUT2D eigenvalue weighted by Gasteiger charge is -2.33. The highest BCUT2D eigenvalue weighted by Gasteiger charge is 2.35. The van der Waals surface area contributed by atoms with Crippen molar-refractivity contribution >= 4 is 12.6 Å². The molecule has 0 unspecified atom stereocenters. The third-order valence-corrected chi connectivity index (χ3v) is 2.17. The molecule has 2 heterocycles. The molecule has 0 atom stereocenters. The molecular formula is C12H15BN2O2. The maximum Gasteiger partial charge on any atom is 0.496 e. The van der Waals surface area contributed by atoms with Gasteiger partial charge in [-0.25, -0.2) is 4.98 Å². The van der Waals surface area contributed by atoms with E-state index in [1.807, 2.05) is 0 Å². The molecule has 1 aromatic heterocycles. The Morgan fingerprint density at radius 3 is 3.12 bits per heavy atom. The second kappa shape index (κ2) is 4.48. The largest absolute Gasteiger partial charge is 0.496 e. The van der Waals surface area contributed by atoms with Gasteiger partial charge >= 0.3 is 7.12 Å². The number of nitrogens with zero attached hydrogens (tertiary/aromatic N) is 2. The average Bonchev–Trinajstić information content (AvgIpc) is 2.43. The SMILES string of the molecule is [2H]c1c(C([2H])([2H])[2H])nc(C#N)c(B2OCC(C)(C)C([2H])([2H])O2)c1[2H]. The fraction of sp³-hybridized carbons (Fsp3) is 0.500. The monoisotopic (exact) mass is 237 g/mol. The molecule has 17 heavy (non-hydrogen) atoms. The Morgan fingerprint density at radius 1 is 1.65 bits per heavy atom. The topological polar surface area (TPSA) is 55.1 Å². The summed E-state index contributed by atoms with van der Waals surface area (Å²) in [5.41, 5.74) is -2.29. The molecule has 2 rings (SSSR count). The molecule has 5 heteroatoms. The maximum absolute atomic E-state index is 9.24. The Labute approximate surface area is 112 Å². The summed E-state index contributed by atoms with van der Waals surface area (Å²) in [4.78, 5) is 3.67. The molecule has 1 aliphatic rings. The second-order valence-corrected chi connectivity index (χ2v) is 4.33. The van der Waals surface area contributed by atoms with Crippen LogP contribution in [0.3, 0.4) is 0 Å². The molecular weight excluding hydrogens is 215 g/mol. The van der Waals surface area contributed by atoms with Crippen LogP contribution in [0.5, 0.6) is 0 Å². The Morgan fingerprint density at radius 2 is 2.47 bits per heavy atom. The van der Waals surface area contributed by atoms with E-state index in [9.17, 15) is 5.26 Å². The Hall–Kier alpha value is -1.38. The smallest absolute Gasteiger partial charge is 0.407 e. The lowest BCUT2D eigenvalue weighted by atomic mass is 9.75. The lowest BCUT2D eigenvalue weighted by molar-refractivity contribution is 0.0342. The summed E-state index contributed by atoms with van der Waals surface area (Å²) in [6, 6.07) is 0.434. The summed E-state index contributed by atoms with van der Waals surface area (Å²) in [6.07, 6.45) is 0. The molecule has 0 saturated carbocycles. The number of nitriles is 1. The van der Waals surface area contributed by atoms with Gasteiger partial charge in [-0.1, -0.05) is 19.9 Å². The maximum atomic E-state index is 9.24. The van der Waals surface area contributed by atoms with Crippen molar-refractivity contribution in [3.05, 3.63) is 23.5 Å². The molecule has 0 bridgehead atoms. The minimum absolute atomic E-state index is 0.0523. The van der Waals surface area contributed by atoms with Gasteiger partial charge < -0.3 is 9.31 Å². The van der Waals surface area contributed by atoms with Gasteiger partial charge in [-0.2, -0.15) is 5.26 Å². The third kappa shape index (κ3) is 2.66. The highest BCUT2D eigenvalue weighted by molar-refractivity contribution is 6.62. The number of rotatable bonds is 1. The molecule has 4 nitrogen and oxygen atoms in total. The summed E-state index contributed by atoms with van der Waals surface area (Å²) in [5, 5.41) is 9.24. The first kappa shape index (κ1) is 5.99. The Kier molecular flexibility index (Phi) is 1.58. The molecule has 0 amide bonds. The van der Waals surface area contributed by atoms with Crippen molar-refractivity contribution in [1.29, 1.82) is 5.26 Å². The van der Waals surface area contributed by atoms with Crippen LogP contribution in [0, 0.1) is 23.6 Å². The van der Waals surface area contributed by atoms with Gasteiger partial charge in [-0.05, 0) is 12.9 Å². The van der Waals surface area contributed by atoms with Gasteiger partial charge in [-0.3, -0.25) is 0 Å². The number of hydrogen-bond acceptors (Lipinski definition) is 4. The quantitative estimate of drug-likeness (QED) is 0.684. The van der Waals surface area contributed by atoms with Gasteiger partial charge in [0, 0.05) is 33.8 Å². The van der Waals surface area contributed by atoms with E-state index < -0.39 is 49.4 Å². The zero-order valence-corrected chi connectivity index (χ0v) is 9.50. The lowest BCUT2D eigenvalue weighted by Crippen LogP contribution is -2.48. The van der Waals surface area contributed by atoms with E-state index in [4.69, 9.17) is 18.9 Å². The second-order valence-electron chi connectivity index (χ2n) is 4.33. The zero-order valence-electron chi connectivity index (χ0n) is 16.5. The minimum atomic E-state index is -2.75. The predicted octanol–water partition coefficient (Wildman–Crippen LogP) is 1.03. The number of aromatic nitrogens is 1. The summed E-state index contributed by atoms with van der Waals surface area (Å²) >= 11 is 0. The molecule has 1 saturated heterocycles. The molecule has 0 spiro atoms. The van der Waals surface area contributed by atoms with Gasteiger partial charge in [0.15, 0.2) is 0 Å². The molecule has 0 radical (unpaired) electrons. The number of pyridine rings is 1. The van der Waals surface area contributed by atoms with Gasteiger partial charge in [0.05, 0.1) is 5.48 Å². The van der Waals surface area contributed by atoms with Gasteiger partial charge in [-0.15, -0.1) is 0 Å². The molecule has 1 aliphatic heterocycles. The van der Waals surface area contributed by atoms with E-state index in [0.717, 1.165) is 0 Å². The van der Waals surface area contributed by atoms with Crippen molar-refractivity contribution in [3.8, 4) is 6.07 Å². The van der Waals surface area contributed by atoms with E-state index in [0.29, 0.717) is 0 Å². The fourth-order valence-electron chi connectivity index (χ4n) is 1.34.